The number of Topliss-reactive ketones (excluding diaryl/α,β-unsaturated/α-hetero) is 1. The number of imide groups is 1. The van der Waals surface area contributed by atoms with E-state index in [1.54, 1.807) is 17.9 Å². The first-order valence-electron chi connectivity index (χ1n) is 11.7. The minimum atomic E-state index is -1.55. The summed E-state index contributed by atoms with van der Waals surface area (Å²) in [5.74, 6) is -1.72. The van der Waals surface area contributed by atoms with E-state index in [1.807, 2.05) is 11.8 Å². The molecule has 2 aromatic rings. The van der Waals surface area contributed by atoms with Crippen molar-refractivity contribution in [2.24, 2.45) is 5.41 Å². The number of carbonyl (C=O) groups is 3. The van der Waals surface area contributed by atoms with E-state index in [0.717, 1.165) is 13.1 Å². The third-order valence-electron chi connectivity index (χ3n) is 7.57. The smallest absolute Gasteiger partial charge is 0.242 e. The number of ether oxygens (including phenoxy) is 1. The number of ketones is 1. The van der Waals surface area contributed by atoms with Crippen molar-refractivity contribution in [1.29, 1.82) is 0 Å². The number of benzene rings is 1. The van der Waals surface area contributed by atoms with Crippen LogP contribution in [0.15, 0.2) is 10.6 Å². The molecule has 1 aromatic heterocycles. The number of carbonyl (C=O) groups excluding carboxylic acids is 3. The molecule has 2 N–H and O–H groups in total. The number of halogens is 1. The van der Waals surface area contributed by atoms with Gasteiger partial charge in [-0.2, -0.15) is 0 Å². The summed E-state index contributed by atoms with van der Waals surface area (Å²) in [6, 6.07) is 1.04. The van der Waals surface area contributed by atoms with Crippen LogP contribution in [-0.2, 0) is 25.5 Å². The number of rotatable bonds is 1. The molecule has 11 heteroatoms. The minimum Gasteiger partial charge on any atom is -0.372 e. The lowest BCUT2D eigenvalue weighted by molar-refractivity contribution is -0.158. The molecule has 4 aliphatic heterocycles. The van der Waals surface area contributed by atoms with Gasteiger partial charge in [0.15, 0.2) is 17.4 Å². The summed E-state index contributed by atoms with van der Waals surface area (Å²) in [6.45, 7) is 6.90. The molecule has 5 heterocycles. The van der Waals surface area contributed by atoms with Crippen molar-refractivity contribution in [3.05, 3.63) is 17.4 Å². The largest absolute Gasteiger partial charge is 0.372 e. The third-order valence-corrected chi connectivity index (χ3v) is 7.57. The molecular formula is C23H26FN5O5. The summed E-state index contributed by atoms with van der Waals surface area (Å²) in [4.78, 5) is 42.5. The van der Waals surface area contributed by atoms with Gasteiger partial charge in [-0.1, -0.05) is 5.16 Å². The van der Waals surface area contributed by atoms with Crippen LogP contribution in [0.25, 0.3) is 11.0 Å². The highest BCUT2D eigenvalue weighted by Crippen LogP contribution is 2.50. The zero-order valence-corrected chi connectivity index (χ0v) is 19.0. The predicted octanol–water partition coefficient (Wildman–Crippen LogP) is 0.517. The molecule has 1 aromatic carbocycles. The Hall–Kier alpha value is -3.05. The second kappa shape index (κ2) is 7.47. The van der Waals surface area contributed by atoms with Crippen molar-refractivity contribution in [2.75, 3.05) is 42.5 Å². The van der Waals surface area contributed by atoms with Crippen LogP contribution in [0.5, 0.6) is 0 Å². The summed E-state index contributed by atoms with van der Waals surface area (Å²) in [7, 11) is 0. The fraction of sp³-hybridized carbons (Fsp3) is 0.565. The molecule has 0 bridgehead atoms. The van der Waals surface area contributed by atoms with E-state index in [9.17, 15) is 14.4 Å². The maximum absolute atomic E-state index is 16.1. The highest BCUT2D eigenvalue weighted by Gasteiger charge is 2.62. The van der Waals surface area contributed by atoms with Gasteiger partial charge in [0.05, 0.1) is 35.7 Å². The molecule has 2 amide bonds. The molecule has 1 spiro atoms. The van der Waals surface area contributed by atoms with E-state index in [-0.39, 0.29) is 18.1 Å². The maximum Gasteiger partial charge on any atom is 0.242 e. The number of nitrogens with zero attached hydrogens (tertiary/aromatic N) is 3. The standard InChI is InChI=1S/C23H26FN5O5/c1-11-10-29-18-13(7-14-19(17(18)24)34-27-21(14)28-5-3-25-4-6-28)9-23(20(29)12(2)33-11)15(30)8-16(31)26-22(23)32/h7,11-12,20,25H,3-6,8-10H2,1-2H3,(H,26,31,32)/t11-,12+,20-,23?/m1/s1. The average molecular weight is 471 g/mol. The second-order valence-electron chi connectivity index (χ2n) is 9.69. The van der Waals surface area contributed by atoms with Crippen molar-refractivity contribution in [2.45, 2.75) is 44.9 Å². The number of nitrogens with one attached hydrogen (secondary N) is 2. The van der Waals surface area contributed by atoms with E-state index < -0.39 is 47.4 Å². The molecule has 0 saturated carbocycles. The van der Waals surface area contributed by atoms with Gasteiger partial charge in [0.1, 0.15) is 5.41 Å². The van der Waals surface area contributed by atoms with Crippen LogP contribution < -0.4 is 20.4 Å². The van der Waals surface area contributed by atoms with Gasteiger partial charge in [0, 0.05) is 32.7 Å². The molecule has 1 unspecified atom stereocenters. The van der Waals surface area contributed by atoms with Crippen LogP contribution in [0.4, 0.5) is 15.9 Å². The lowest BCUT2D eigenvalue weighted by atomic mass is 9.63. The molecule has 180 valence electrons. The SMILES string of the molecule is C[C@@H]1CN2c3c(cc4c(N5CCNCC5)noc4c3F)CC3(C(=O)CC(=O)NC3=O)[C@H]2[C@H](C)O1. The van der Waals surface area contributed by atoms with Gasteiger partial charge < -0.3 is 24.4 Å². The van der Waals surface area contributed by atoms with Gasteiger partial charge in [-0.15, -0.1) is 0 Å². The van der Waals surface area contributed by atoms with Crippen LogP contribution in [0, 0.1) is 11.2 Å². The van der Waals surface area contributed by atoms with E-state index in [1.165, 1.54) is 0 Å². The van der Waals surface area contributed by atoms with E-state index in [2.05, 4.69) is 15.8 Å². The molecule has 4 aliphatic rings. The summed E-state index contributed by atoms with van der Waals surface area (Å²) in [5.41, 5.74) is -0.651. The molecule has 3 fully saturated rings. The third kappa shape index (κ3) is 2.86. The number of anilines is 2. The predicted molar refractivity (Wildman–Crippen MR) is 119 cm³/mol. The number of hydrogen-bond acceptors (Lipinski definition) is 9. The van der Waals surface area contributed by atoms with E-state index in [0.29, 0.717) is 42.1 Å². The molecule has 4 atom stereocenters. The normalized spacial score (nSPS) is 31.6. The molecule has 34 heavy (non-hydrogen) atoms. The summed E-state index contributed by atoms with van der Waals surface area (Å²) in [6.07, 6.45) is -1.21. The molecule has 10 nitrogen and oxygen atoms in total. The Morgan fingerprint density at radius 3 is 2.71 bits per heavy atom. The quantitative estimate of drug-likeness (QED) is 0.453. The van der Waals surface area contributed by atoms with Crippen molar-refractivity contribution in [1.82, 2.24) is 15.8 Å². The van der Waals surface area contributed by atoms with Crippen molar-refractivity contribution in [3.63, 3.8) is 0 Å². The molecule has 6 rings (SSSR count). The minimum absolute atomic E-state index is 0.0252. The van der Waals surface area contributed by atoms with Crippen LogP contribution in [-0.4, -0.2) is 73.7 Å². The number of amides is 2. The van der Waals surface area contributed by atoms with Gasteiger partial charge in [-0.25, -0.2) is 4.39 Å². The van der Waals surface area contributed by atoms with Gasteiger partial charge >= 0.3 is 0 Å². The first-order chi connectivity index (χ1) is 16.3. The van der Waals surface area contributed by atoms with Gasteiger partial charge in [0.25, 0.3) is 0 Å². The van der Waals surface area contributed by atoms with Crippen molar-refractivity contribution < 1.29 is 28.0 Å². The second-order valence-corrected chi connectivity index (χ2v) is 9.69. The number of hydrogen-bond donors (Lipinski definition) is 2. The van der Waals surface area contributed by atoms with E-state index >= 15 is 4.39 Å². The first-order valence-corrected chi connectivity index (χ1v) is 11.7. The molecule has 3 saturated heterocycles. The molecule has 0 aliphatic carbocycles. The average Bonchev–Trinajstić information content (AvgIpc) is 3.21. The van der Waals surface area contributed by atoms with Crippen LogP contribution in [0.3, 0.4) is 0 Å². The topological polar surface area (TPSA) is 117 Å². The number of piperazine rings is 1. The Balaban J connectivity index is 1.56. The highest BCUT2D eigenvalue weighted by atomic mass is 19.1. The van der Waals surface area contributed by atoms with Gasteiger partial charge in [-0.05, 0) is 31.9 Å². The van der Waals surface area contributed by atoms with Crippen molar-refractivity contribution >= 4 is 40.1 Å². The zero-order chi connectivity index (χ0) is 23.8. The Morgan fingerprint density at radius 2 is 1.97 bits per heavy atom. The number of aromatic nitrogens is 1. The van der Waals surface area contributed by atoms with Crippen LogP contribution in [0.2, 0.25) is 0 Å². The van der Waals surface area contributed by atoms with Gasteiger partial charge in [0.2, 0.25) is 17.4 Å². The van der Waals surface area contributed by atoms with Crippen LogP contribution in [0.1, 0.15) is 25.8 Å². The first kappa shape index (κ1) is 21.5. The Morgan fingerprint density at radius 1 is 1.21 bits per heavy atom. The lowest BCUT2D eigenvalue weighted by Gasteiger charge is -2.55. The van der Waals surface area contributed by atoms with Crippen molar-refractivity contribution in [3.8, 4) is 0 Å². The lowest BCUT2D eigenvalue weighted by Crippen LogP contribution is -2.72. The van der Waals surface area contributed by atoms with Gasteiger partial charge in [-0.3, -0.25) is 19.7 Å². The maximum atomic E-state index is 16.1. The molecular weight excluding hydrogens is 445 g/mol. The fourth-order valence-corrected chi connectivity index (χ4v) is 6.24. The number of morpholine rings is 1. The fourth-order valence-electron chi connectivity index (χ4n) is 6.24. The Kier molecular flexibility index (Phi) is 4.72. The highest BCUT2D eigenvalue weighted by molar-refractivity contribution is 6.22. The summed E-state index contributed by atoms with van der Waals surface area (Å²) in [5, 5.41) is 10.3. The number of fused-ring (bicyclic) bond motifs is 5. The Labute approximate surface area is 194 Å². The summed E-state index contributed by atoms with van der Waals surface area (Å²) >= 11 is 0. The monoisotopic (exact) mass is 471 g/mol. The number of piperidine rings is 1. The molecule has 0 radical (unpaired) electrons. The summed E-state index contributed by atoms with van der Waals surface area (Å²) < 4.78 is 27.6. The van der Waals surface area contributed by atoms with E-state index in [4.69, 9.17) is 9.26 Å². The van der Waals surface area contributed by atoms with Crippen LogP contribution >= 0.6 is 0 Å². The Bertz CT molecular complexity index is 1200. The zero-order valence-electron chi connectivity index (χ0n) is 19.0.